The van der Waals surface area contributed by atoms with E-state index < -0.39 is 6.10 Å². The molecule has 1 unspecified atom stereocenters. The summed E-state index contributed by atoms with van der Waals surface area (Å²) >= 11 is 1.76. The Bertz CT molecular complexity index is 581. The smallest absolute Gasteiger partial charge is 0.105 e. The van der Waals surface area contributed by atoms with Crippen LogP contribution in [0.4, 0.5) is 0 Å². The molecule has 1 N–H and O–H groups in total. The van der Waals surface area contributed by atoms with Crippen molar-refractivity contribution in [3.05, 3.63) is 56.8 Å². The Labute approximate surface area is 118 Å². The zero-order valence-corrected chi connectivity index (χ0v) is 12.3. The number of thiophene rings is 1. The largest absolute Gasteiger partial charge is 0.384 e. The Morgan fingerprint density at radius 1 is 1.21 bits per heavy atom. The average molecular weight is 272 g/mol. The highest BCUT2D eigenvalue weighted by Crippen LogP contribution is 2.38. The van der Waals surface area contributed by atoms with E-state index in [9.17, 15) is 5.11 Å². The predicted molar refractivity (Wildman–Crippen MR) is 80.9 cm³/mol. The van der Waals surface area contributed by atoms with Gasteiger partial charge in [-0.05, 0) is 55.4 Å². The second-order valence-corrected chi connectivity index (χ2v) is 7.03. The lowest BCUT2D eigenvalue weighted by Crippen LogP contribution is -2.09. The SMILES string of the molecule is Cc1cc(C(O)c2cccc(C3CCC3)c2)c(C)s1. The Hall–Kier alpha value is -1.12. The van der Waals surface area contributed by atoms with Crippen molar-refractivity contribution in [1.29, 1.82) is 0 Å². The molecule has 19 heavy (non-hydrogen) atoms. The topological polar surface area (TPSA) is 20.2 Å². The Morgan fingerprint density at radius 3 is 2.58 bits per heavy atom. The molecule has 1 fully saturated rings. The van der Waals surface area contributed by atoms with Crippen molar-refractivity contribution >= 4 is 11.3 Å². The molecule has 0 radical (unpaired) electrons. The molecule has 1 nitrogen and oxygen atoms in total. The van der Waals surface area contributed by atoms with Crippen LogP contribution in [0.5, 0.6) is 0 Å². The minimum Gasteiger partial charge on any atom is -0.384 e. The van der Waals surface area contributed by atoms with E-state index in [1.807, 2.05) is 6.07 Å². The summed E-state index contributed by atoms with van der Waals surface area (Å²) in [5, 5.41) is 10.6. The summed E-state index contributed by atoms with van der Waals surface area (Å²) in [6.07, 6.45) is 3.47. The van der Waals surface area contributed by atoms with Crippen molar-refractivity contribution in [2.45, 2.75) is 45.1 Å². The lowest BCUT2D eigenvalue weighted by Gasteiger charge is -2.26. The van der Waals surface area contributed by atoms with E-state index >= 15 is 0 Å². The molecule has 3 rings (SSSR count). The maximum atomic E-state index is 10.6. The fraction of sp³-hybridized carbons (Fsp3) is 0.412. The Balaban J connectivity index is 1.90. The van der Waals surface area contributed by atoms with Crippen LogP contribution in [0.1, 0.15) is 57.7 Å². The van der Waals surface area contributed by atoms with Crippen LogP contribution in [0, 0.1) is 13.8 Å². The quantitative estimate of drug-likeness (QED) is 0.857. The third kappa shape index (κ3) is 2.47. The van der Waals surface area contributed by atoms with E-state index in [1.54, 1.807) is 11.3 Å². The van der Waals surface area contributed by atoms with E-state index in [4.69, 9.17) is 0 Å². The number of benzene rings is 1. The van der Waals surface area contributed by atoms with Crippen molar-refractivity contribution in [1.82, 2.24) is 0 Å². The Kier molecular flexibility index (Phi) is 3.46. The van der Waals surface area contributed by atoms with E-state index in [1.165, 1.54) is 34.6 Å². The first-order valence-corrected chi connectivity index (χ1v) is 7.81. The Morgan fingerprint density at radius 2 is 2.00 bits per heavy atom. The molecule has 0 spiro atoms. The first-order chi connectivity index (χ1) is 9.15. The maximum Gasteiger partial charge on any atom is 0.105 e. The van der Waals surface area contributed by atoms with E-state index in [2.05, 4.69) is 38.1 Å². The molecule has 0 aliphatic heterocycles. The van der Waals surface area contributed by atoms with Gasteiger partial charge in [-0.1, -0.05) is 30.7 Å². The van der Waals surface area contributed by atoms with Gasteiger partial charge in [-0.25, -0.2) is 0 Å². The first-order valence-electron chi connectivity index (χ1n) is 7.00. The van der Waals surface area contributed by atoms with Gasteiger partial charge in [-0.3, -0.25) is 0 Å². The van der Waals surface area contributed by atoms with Gasteiger partial charge >= 0.3 is 0 Å². The summed E-state index contributed by atoms with van der Waals surface area (Å²) in [4.78, 5) is 2.49. The summed E-state index contributed by atoms with van der Waals surface area (Å²) in [5.41, 5.74) is 3.49. The summed E-state index contributed by atoms with van der Waals surface area (Å²) in [6, 6.07) is 10.6. The fourth-order valence-electron chi connectivity index (χ4n) is 2.83. The molecule has 1 aromatic heterocycles. The number of rotatable bonds is 3. The molecule has 2 heteroatoms. The van der Waals surface area contributed by atoms with E-state index in [0.29, 0.717) is 0 Å². The van der Waals surface area contributed by atoms with Crippen LogP contribution in [0.15, 0.2) is 30.3 Å². The van der Waals surface area contributed by atoms with Gasteiger partial charge in [-0.15, -0.1) is 11.3 Å². The molecule has 1 aliphatic rings. The molecule has 1 saturated carbocycles. The van der Waals surface area contributed by atoms with E-state index in [0.717, 1.165) is 17.0 Å². The maximum absolute atomic E-state index is 10.6. The van der Waals surface area contributed by atoms with Gasteiger partial charge in [0.25, 0.3) is 0 Å². The van der Waals surface area contributed by atoms with E-state index in [-0.39, 0.29) is 0 Å². The molecule has 1 aliphatic carbocycles. The van der Waals surface area contributed by atoms with Crippen molar-refractivity contribution < 1.29 is 5.11 Å². The van der Waals surface area contributed by atoms with Crippen LogP contribution >= 0.6 is 11.3 Å². The second kappa shape index (κ2) is 5.10. The van der Waals surface area contributed by atoms with Crippen molar-refractivity contribution in [2.75, 3.05) is 0 Å². The molecule has 1 atom stereocenters. The summed E-state index contributed by atoms with van der Waals surface area (Å²) in [6.45, 7) is 4.19. The third-order valence-electron chi connectivity index (χ3n) is 4.18. The second-order valence-electron chi connectivity index (χ2n) is 5.57. The van der Waals surface area contributed by atoms with Gasteiger partial charge in [0.05, 0.1) is 0 Å². The summed E-state index contributed by atoms with van der Waals surface area (Å²) in [5.74, 6) is 0.720. The van der Waals surface area contributed by atoms with Crippen LogP contribution in [-0.4, -0.2) is 5.11 Å². The van der Waals surface area contributed by atoms with Gasteiger partial charge in [0.1, 0.15) is 6.10 Å². The molecule has 2 aromatic rings. The molecule has 1 heterocycles. The molecule has 0 saturated heterocycles. The highest BCUT2D eigenvalue weighted by atomic mass is 32.1. The zero-order chi connectivity index (χ0) is 13.4. The van der Waals surface area contributed by atoms with Gasteiger partial charge in [-0.2, -0.15) is 0 Å². The predicted octanol–water partition coefficient (Wildman–Crippen LogP) is 4.71. The van der Waals surface area contributed by atoms with Crippen LogP contribution in [-0.2, 0) is 0 Å². The fourth-order valence-corrected chi connectivity index (χ4v) is 3.78. The normalized spacial score (nSPS) is 17.2. The van der Waals surface area contributed by atoms with Gasteiger partial charge < -0.3 is 5.11 Å². The number of hydrogen-bond donors (Lipinski definition) is 1. The number of aliphatic hydroxyl groups is 1. The van der Waals surface area contributed by atoms with Crippen molar-refractivity contribution in [3.8, 4) is 0 Å². The lowest BCUT2D eigenvalue weighted by atomic mass is 9.79. The molecular weight excluding hydrogens is 252 g/mol. The van der Waals surface area contributed by atoms with Crippen LogP contribution in [0.25, 0.3) is 0 Å². The molecule has 100 valence electrons. The lowest BCUT2D eigenvalue weighted by molar-refractivity contribution is 0.220. The van der Waals surface area contributed by atoms with Crippen LogP contribution in [0.2, 0.25) is 0 Å². The monoisotopic (exact) mass is 272 g/mol. The van der Waals surface area contributed by atoms with Crippen LogP contribution in [0.3, 0.4) is 0 Å². The summed E-state index contributed by atoms with van der Waals surface area (Å²) < 4.78 is 0. The van der Waals surface area contributed by atoms with Gasteiger partial charge in [0.15, 0.2) is 0 Å². The first kappa shape index (κ1) is 12.9. The van der Waals surface area contributed by atoms with Gasteiger partial charge in [0, 0.05) is 9.75 Å². The molecule has 1 aromatic carbocycles. The van der Waals surface area contributed by atoms with Crippen LogP contribution < -0.4 is 0 Å². The highest BCUT2D eigenvalue weighted by molar-refractivity contribution is 7.12. The third-order valence-corrected chi connectivity index (χ3v) is 5.16. The number of aryl methyl sites for hydroxylation is 2. The number of aliphatic hydroxyl groups excluding tert-OH is 1. The molecule has 0 bridgehead atoms. The average Bonchev–Trinajstić information content (AvgIpc) is 2.66. The minimum absolute atomic E-state index is 0.482. The van der Waals surface area contributed by atoms with Crippen molar-refractivity contribution in [3.63, 3.8) is 0 Å². The molecule has 0 amide bonds. The van der Waals surface area contributed by atoms with Crippen molar-refractivity contribution in [2.24, 2.45) is 0 Å². The minimum atomic E-state index is -0.482. The number of hydrogen-bond acceptors (Lipinski definition) is 2. The standard InChI is InChI=1S/C17H20OS/c1-11-9-16(12(2)19-11)17(18)15-8-4-7-14(10-15)13-5-3-6-13/h4,7-10,13,17-18H,3,5-6H2,1-2H3. The van der Waals surface area contributed by atoms with Gasteiger partial charge in [0.2, 0.25) is 0 Å². The highest BCUT2D eigenvalue weighted by Gasteiger charge is 2.21. The molecular formula is C17H20OS. The zero-order valence-electron chi connectivity index (χ0n) is 11.5. The summed E-state index contributed by atoms with van der Waals surface area (Å²) in [7, 11) is 0.